The molecule has 1 aliphatic rings. The second-order valence-corrected chi connectivity index (χ2v) is 7.34. The number of rotatable bonds is 3. The van der Waals surface area contributed by atoms with Gasteiger partial charge in [0.2, 0.25) is 0 Å². The fourth-order valence-corrected chi connectivity index (χ4v) is 3.30. The van der Waals surface area contributed by atoms with Gasteiger partial charge in [-0.15, -0.1) is 0 Å². The average Bonchev–Trinajstić information content (AvgIpc) is 2.87. The van der Waals surface area contributed by atoms with Gasteiger partial charge in [0.05, 0.1) is 24.5 Å². The van der Waals surface area contributed by atoms with E-state index in [1.165, 1.54) is 0 Å². The molecule has 0 unspecified atom stereocenters. The second-order valence-electron chi connectivity index (χ2n) is 7.34. The van der Waals surface area contributed by atoms with Crippen LogP contribution in [0.25, 0.3) is 0 Å². The molecule has 24 heavy (non-hydrogen) atoms. The first-order chi connectivity index (χ1) is 11.3. The van der Waals surface area contributed by atoms with E-state index in [4.69, 9.17) is 4.42 Å². The van der Waals surface area contributed by atoms with Crippen LogP contribution in [-0.2, 0) is 13.0 Å². The molecule has 0 aliphatic heterocycles. The summed E-state index contributed by atoms with van der Waals surface area (Å²) < 4.78 is 5.83. The van der Waals surface area contributed by atoms with Crippen molar-refractivity contribution < 1.29 is 9.21 Å². The predicted molar refractivity (Wildman–Crippen MR) is 90.3 cm³/mol. The number of carbonyl (C=O) groups excluding carboxylic acids is 1. The van der Waals surface area contributed by atoms with Gasteiger partial charge in [-0.05, 0) is 24.8 Å². The van der Waals surface area contributed by atoms with Crippen LogP contribution < -0.4 is 5.32 Å². The number of fused-ring (bicyclic) bond motifs is 1. The van der Waals surface area contributed by atoms with Crippen molar-refractivity contribution in [1.29, 1.82) is 0 Å². The Morgan fingerprint density at radius 3 is 2.96 bits per heavy atom. The van der Waals surface area contributed by atoms with Crippen LogP contribution in [0.15, 0.2) is 29.1 Å². The van der Waals surface area contributed by atoms with Gasteiger partial charge in [0.15, 0.2) is 0 Å². The first-order valence-corrected chi connectivity index (χ1v) is 8.20. The molecule has 2 heterocycles. The van der Waals surface area contributed by atoms with E-state index in [2.05, 4.69) is 29.1 Å². The lowest BCUT2D eigenvalue weighted by atomic mass is 9.75. The molecule has 2 aromatic heterocycles. The Kier molecular flexibility index (Phi) is 4.30. The number of urea groups is 1. The van der Waals surface area contributed by atoms with E-state index in [1.54, 1.807) is 30.5 Å². The van der Waals surface area contributed by atoms with Gasteiger partial charge in [0.25, 0.3) is 0 Å². The highest BCUT2D eigenvalue weighted by Gasteiger charge is 2.35. The van der Waals surface area contributed by atoms with Gasteiger partial charge in [0, 0.05) is 31.4 Å². The second kappa shape index (κ2) is 6.26. The summed E-state index contributed by atoms with van der Waals surface area (Å²) in [5, 5.41) is 3.14. The maximum atomic E-state index is 12.6. The fraction of sp³-hybridized carbons (Fsp3) is 0.500. The van der Waals surface area contributed by atoms with Crippen LogP contribution in [0, 0.1) is 12.3 Å². The monoisotopic (exact) mass is 328 g/mol. The molecule has 0 radical (unpaired) electrons. The number of nitrogens with one attached hydrogen (secondary N) is 1. The molecule has 0 bridgehead atoms. The molecule has 1 atom stereocenters. The smallest absolute Gasteiger partial charge is 0.317 e. The Labute approximate surface area is 142 Å². The first-order valence-electron chi connectivity index (χ1n) is 8.20. The minimum Gasteiger partial charge on any atom is -0.466 e. The van der Waals surface area contributed by atoms with E-state index >= 15 is 0 Å². The minimum atomic E-state index is -0.117. The normalized spacial score (nSPS) is 18.8. The number of furan rings is 1. The molecule has 128 valence electrons. The standard InChI is InChI=1S/C18H24N4O2/c1-12-7-14-15(8-18(2,3)9-16(14)24-12)21-17(23)22(4)11-13-10-19-5-6-20-13/h5-7,10,15H,8-9,11H2,1-4H3,(H,21,23)/t15-/m1/s1. The number of aryl methyl sites for hydroxylation is 1. The van der Waals surface area contributed by atoms with Gasteiger partial charge in [-0.1, -0.05) is 13.8 Å². The molecular weight excluding hydrogens is 304 g/mol. The molecule has 2 amide bonds. The molecule has 0 saturated heterocycles. The third kappa shape index (κ3) is 3.58. The summed E-state index contributed by atoms with van der Waals surface area (Å²) in [4.78, 5) is 22.4. The molecule has 3 rings (SSSR count). The summed E-state index contributed by atoms with van der Waals surface area (Å²) in [5.74, 6) is 1.88. The van der Waals surface area contributed by atoms with E-state index in [1.807, 2.05) is 13.0 Å². The van der Waals surface area contributed by atoms with Crippen molar-refractivity contribution in [1.82, 2.24) is 20.2 Å². The van der Waals surface area contributed by atoms with Crippen molar-refractivity contribution in [3.8, 4) is 0 Å². The van der Waals surface area contributed by atoms with E-state index in [-0.39, 0.29) is 17.5 Å². The number of carbonyl (C=O) groups is 1. The first kappa shape index (κ1) is 16.5. The van der Waals surface area contributed by atoms with E-state index in [0.717, 1.165) is 35.6 Å². The Hall–Kier alpha value is -2.37. The molecule has 0 saturated carbocycles. The third-order valence-electron chi connectivity index (χ3n) is 4.40. The lowest BCUT2D eigenvalue weighted by molar-refractivity contribution is 0.188. The van der Waals surface area contributed by atoms with E-state index in [0.29, 0.717) is 6.54 Å². The van der Waals surface area contributed by atoms with Crippen LogP contribution in [0.2, 0.25) is 0 Å². The Balaban J connectivity index is 1.71. The van der Waals surface area contributed by atoms with Crippen molar-refractivity contribution in [2.75, 3.05) is 7.05 Å². The molecule has 1 aliphatic carbocycles. The van der Waals surface area contributed by atoms with Crippen LogP contribution in [0.1, 0.15) is 49.1 Å². The zero-order valence-corrected chi connectivity index (χ0v) is 14.7. The number of hydrogen-bond acceptors (Lipinski definition) is 4. The van der Waals surface area contributed by atoms with Crippen molar-refractivity contribution >= 4 is 6.03 Å². The van der Waals surface area contributed by atoms with Gasteiger partial charge in [0.1, 0.15) is 11.5 Å². The van der Waals surface area contributed by atoms with Crippen LogP contribution in [0.4, 0.5) is 4.79 Å². The summed E-state index contributed by atoms with van der Waals surface area (Å²) in [5.41, 5.74) is 1.96. The fourth-order valence-electron chi connectivity index (χ4n) is 3.30. The maximum absolute atomic E-state index is 12.6. The van der Waals surface area contributed by atoms with Crippen LogP contribution >= 0.6 is 0 Å². The maximum Gasteiger partial charge on any atom is 0.317 e. The quantitative estimate of drug-likeness (QED) is 0.939. The van der Waals surface area contributed by atoms with E-state index in [9.17, 15) is 4.79 Å². The van der Waals surface area contributed by atoms with Crippen molar-refractivity contribution in [2.24, 2.45) is 5.41 Å². The summed E-state index contributed by atoms with van der Waals surface area (Å²) in [7, 11) is 1.76. The lowest BCUT2D eigenvalue weighted by Crippen LogP contribution is -2.42. The van der Waals surface area contributed by atoms with Gasteiger partial charge in [-0.3, -0.25) is 9.97 Å². The molecule has 6 heteroatoms. The highest BCUT2D eigenvalue weighted by atomic mass is 16.3. The molecule has 0 aromatic carbocycles. The van der Waals surface area contributed by atoms with Crippen LogP contribution in [0.5, 0.6) is 0 Å². The molecule has 6 nitrogen and oxygen atoms in total. The third-order valence-corrected chi connectivity index (χ3v) is 4.40. The number of aromatic nitrogens is 2. The molecular formula is C18H24N4O2. The number of amides is 2. The van der Waals surface area contributed by atoms with Crippen LogP contribution in [-0.4, -0.2) is 27.9 Å². The topological polar surface area (TPSA) is 71.3 Å². The van der Waals surface area contributed by atoms with Crippen LogP contribution in [0.3, 0.4) is 0 Å². The Morgan fingerprint density at radius 2 is 2.25 bits per heavy atom. The van der Waals surface area contributed by atoms with Crippen molar-refractivity contribution in [3.63, 3.8) is 0 Å². The summed E-state index contributed by atoms with van der Waals surface area (Å²) >= 11 is 0. The molecule has 0 fully saturated rings. The number of nitrogens with zero attached hydrogens (tertiary/aromatic N) is 3. The van der Waals surface area contributed by atoms with Gasteiger partial charge >= 0.3 is 6.03 Å². The average molecular weight is 328 g/mol. The zero-order chi connectivity index (χ0) is 17.3. The summed E-state index contributed by atoms with van der Waals surface area (Å²) in [6, 6.07) is 1.89. The zero-order valence-electron chi connectivity index (χ0n) is 14.7. The largest absolute Gasteiger partial charge is 0.466 e. The Morgan fingerprint density at radius 1 is 1.46 bits per heavy atom. The van der Waals surface area contributed by atoms with Gasteiger partial charge in [-0.25, -0.2) is 4.79 Å². The minimum absolute atomic E-state index is 0.0296. The molecule has 1 N–H and O–H groups in total. The van der Waals surface area contributed by atoms with Crippen molar-refractivity contribution in [2.45, 2.75) is 46.2 Å². The summed E-state index contributed by atoms with van der Waals surface area (Å²) in [6.45, 7) is 6.78. The van der Waals surface area contributed by atoms with E-state index < -0.39 is 0 Å². The SMILES string of the molecule is Cc1cc2c(o1)CC(C)(C)C[C@H]2NC(=O)N(C)Cc1cnccn1. The van der Waals surface area contributed by atoms with Gasteiger partial charge in [-0.2, -0.15) is 0 Å². The Bertz CT molecular complexity index is 724. The molecule has 0 spiro atoms. The van der Waals surface area contributed by atoms with Gasteiger partial charge < -0.3 is 14.6 Å². The van der Waals surface area contributed by atoms with Crippen molar-refractivity contribution in [3.05, 3.63) is 47.4 Å². The molecule has 2 aromatic rings. The number of hydrogen-bond donors (Lipinski definition) is 1. The highest BCUT2D eigenvalue weighted by molar-refractivity contribution is 5.74. The summed E-state index contributed by atoms with van der Waals surface area (Å²) in [6.07, 6.45) is 6.72. The lowest BCUT2D eigenvalue weighted by Gasteiger charge is -2.35. The highest BCUT2D eigenvalue weighted by Crippen LogP contribution is 2.42. The predicted octanol–water partition coefficient (Wildman–Crippen LogP) is 3.23.